The molecule has 0 saturated carbocycles. The van der Waals surface area contributed by atoms with Gasteiger partial charge < -0.3 is 83.7 Å². The van der Waals surface area contributed by atoms with Crippen LogP contribution in [0.5, 0.6) is 5.75 Å². The van der Waals surface area contributed by atoms with Crippen molar-refractivity contribution in [2.75, 3.05) is 6.61 Å². The molecule has 0 saturated heterocycles. The van der Waals surface area contributed by atoms with E-state index in [2.05, 4.69) is 42.5 Å². The molecule has 0 aliphatic heterocycles. The van der Waals surface area contributed by atoms with E-state index in [1.165, 1.54) is 50.2 Å². The average molecular weight is 1100 g/mol. The van der Waals surface area contributed by atoms with Crippen LogP contribution < -0.4 is 48.3 Å². The molecule has 16 N–H and O–H groups in total. The van der Waals surface area contributed by atoms with Crippen molar-refractivity contribution < 1.29 is 93.0 Å². The SMILES string of the molecule is CC(C)[C@H](N)C(=O)N[C@@H](CO)C(=O)N[C@H](C(=O)N[C@@H](Cc1ccc(O)cc1)C(=O)N[C@@H](CC(=O)O)C(=O)N[C@@H](Cc1ccccc1)C(=O)N[C@@H](CCC(=O)O)C(=O)N[C@@H](CCC(=O)O)C(=O)N[C@H](C=O)CCC(=O)O)C(C)C. The van der Waals surface area contributed by atoms with Gasteiger partial charge in [-0.2, -0.15) is 0 Å². The molecular weight excluding hydrogens is 1030 g/mol. The second-order valence-electron chi connectivity index (χ2n) is 18.8. The normalized spacial score (nSPS) is 14.5. The van der Waals surface area contributed by atoms with Gasteiger partial charge in [0.15, 0.2) is 0 Å². The Morgan fingerprint density at radius 3 is 1.31 bits per heavy atom. The summed E-state index contributed by atoms with van der Waals surface area (Å²) in [6.07, 6.45) is -5.40. The maximum Gasteiger partial charge on any atom is 0.305 e. The molecule has 2 aromatic rings. The third kappa shape index (κ3) is 23.6. The van der Waals surface area contributed by atoms with Gasteiger partial charge in [-0.25, -0.2) is 0 Å². The molecule has 0 heterocycles. The summed E-state index contributed by atoms with van der Waals surface area (Å²) in [6, 6.07) is -1.40. The molecule has 0 aromatic heterocycles. The number of hydrogen-bond donors (Lipinski definition) is 15. The van der Waals surface area contributed by atoms with E-state index in [0.717, 1.165) is 0 Å². The Kier molecular flexibility index (Phi) is 27.6. The Morgan fingerprint density at radius 1 is 0.462 bits per heavy atom. The summed E-state index contributed by atoms with van der Waals surface area (Å²) in [5.41, 5.74) is 6.57. The highest BCUT2D eigenvalue weighted by Gasteiger charge is 2.36. The number of carboxylic acids is 4. The zero-order chi connectivity index (χ0) is 58.8. The molecule has 2 aromatic carbocycles. The van der Waals surface area contributed by atoms with Gasteiger partial charge in [0.25, 0.3) is 0 Å². The average Bonchev–Trinajstić information content (AvgIpc) is 3.37. The van der Waals surface area contributed by atoms with E-state index in [9.17, 15) is 87.9 Å². The lowest BCUT2D eigenvalue weighted by molar-refractivity contribution is -0.142. The number of phenolic OH excluding ortho intramolecular Hbond substituents is 1. The predicted molar refractivity (Wildman–Crippen MR) is 271 cm³/mol. The Morgan fingerprint density at radius 2 is 0.859 bits per heavy atom. The van der Waals surface area contributed by atoms with Crippen LogP contribution in [0, 0.1) is 11.8 Å². The Labute approximate surface area is 447 Å². The monoisotopic (exact) mass is 1100 g/mol. The first kappa shape index (κ1) is 65.6. The molecule has 428 valence electrons. The summed E-state index contributed by atoms with van der Waals surface area (Å²) in [6.45, 7) is 5.45. The minimum Gasteiger partial charge on any atom is -0.508 e. The molecule has 0 bridgehead atoms. The smallest absolute Gasteiger partial charge is 0.305 e. The fourth-order valence-corrected chi connectivity index (χ4v) is 7.23. The van der Waals surface area contributed by atoms with Gasteiger partial charge in [-0.05, 0) is 54.4 Å². The van der Waals surface area contributed by atoms with Gasteiger partial charge in [0.05, 0.1) is 25.1 Å². The van der Waals surface area contributed by atoms with Gasteiger partial charge in [0.1, 0.15) is 54.3 Å². The van der Waals surface area contributed by atoms with E-state index >= 15 is 0 Å². The van der Waals surface area contributed by atoms with Crippen LogP contribution in [0.3, 0.4) is 0 Å². The van der Waals surface area contributed by atoms with Crippen molar-refractivity contribution in [3.05, 3.63) is 65.7 Å². The zero-order valence-corrected chi connectivity index (χ0v) is 43.3. The van der Waals surface area contributed by atoms with Crippen LogP contribution in [-0.4, -0.2) is 169 Å². The number of carbonyl (C=O) groups is 13. The van der Waals surface area contributed by atoms with Crippen LogP contribution in [-0.2, 0) is 75.2 Å². The summed E-state index contributed by atoms with van der Waals surface area (Å²) in [5, 5.41) is 76.3. The predicted octanol–water partition coefficient (Wildman–Crippen LogP) is -3.04. The number of aromatic hydroxyl groups is 1. The lowest BCUT2D eigenvalue weighted by Gasteiger charge is -2.29. The molecule has 78 heavy (non-hydrogen) atoms. The number of hydrogen-bond acceptors (Lipinski definition) is 16. The highest BCUT2D eigenvalue weighted by atomic mass is 16.4. The number of carbonyl (C=O) groups excluding carboxylic acids is 9. The summed E-state index contributed by atoms with van der Waals surface area (Å²) >= 11 is 0. The number of amides is 8. The second kappa shape index (κ2) is 32.8. The van der Waals surface area contributed by atoms with Crippen molar-refractivity contribution >= 4 is 77.4 Å². The van der Waals surface area contributed by atoms with Gasteiger partial charge in [0.2, 0.25) is 47.3 Å². The van der Waals surface area contributed by atoms with Crippen LogP contribution in [0.1, 0.15) is 83.8 Å². The summed E-state index contributed by atoms with van der Waals surface area (Å²) in [5.74, 6) is -15.9. The van der Waals surface area contributed by atoms with Gasteiger partial charge in [-0.3, -0.25) is 57.5 Å². The molecule has 0 radical (unpaired) electrons. The number of aliphatic hydroxyl groups is 1. The molecule has 0 unspecified atom stereocenters. The molecular formula is C50H69N9O19. The van der Waals surface area contributed by atoms with E-state index in [0.29, 0.717) is 11.1 Å². The lowest BCUT2D eigenvalue weighted by atomic mass is 10.00. The largest absolute Gasteiger partial charge is 0.508 e. The molecule has 8 amide bonds. The van der Waals surface area contributed by atoms with Crippen molar-refractivity contribution in [1.82, 2.24) is 42.5 Å². The molecule has 2 rings (SSSR count). The van der Waals surface area contributed by atoms with Crippen molar-refractivity contribution in [1.29, 1.82) is 0 Å². The minimum absolute atomic E-state index is 0.171. The van der Waals surface area contributed by atoms with Crippen molar-refractivity contribution in [2.45, 2.75) is 140 Å². The summed E-state index contributed by atoms with van der Waals surface area (Å²) in [4.78, 5) is 168. The second-order valence-corrected chi connectivity index (χ2v) is 18.8. The highest BCUT2D eigenvalue weighted by Crippen LogP contribution is 2.14. The number of aliphatic hydroxyl groups excluding tert-OH is 1. The van der Waals surface area contributed by atoms with Crippen LogP contribution in [0.25, 0.3) is 0 Å². The number of rotatable bonds is 35. The maximum atomic E-state index is 14.3. The number of phenols is 1. The van der Waals surface area contributed by atoms with Crippen LogP contribution >= 0.6 is 0 Å². The van der Waals surface area contributed by atoms with Gasteiger partial charge >= 0.3 is 23.9 Å². The molecule has 0 aliphatic rings. The molecule has 0 aliphatic carbocycles. The number of nitrogens with one attached hydrogen (secondary N) is 8. The first-order chi connectivity index (χ1) is 36.6. The standard InChI is InChI=1S/C50H69N9O19/c1-25(2)41(51)49(77)58-36(24-61)48(76)59-42(26(3)4)50(78)57-34(21-28-10-13-30(62)14-11-28)46(74)56-35(22-40(69)70)47(75)55-33(20-27-8-6-5-7-9-27)45(73)54-32(16-19-39(67)68)44(72)53-31(15-18-38(65)66)43(71)52-29(23-60)12-17-37(63)64/h5-11,13-14,23,25-26,29,31-36,41-42,61-62H,12,15-22,24,51H2,1-4H3,(H,52,71)(H,53,72)(H,54,73)(H,55,75)(H,56,74)(H,57,78)(H,58,77)(H,59,76)(H,63,64)(H,65,66)(H,67,68)(H,69,70)/t29-,31-,32-,33-,34-,35-,36-,41-,42-/m0/s1. The Balaban J connectivity index is 2.55. The molecule has 0 fully saturated rings. The van der Waals surface area contributed by atoms with E-state index in [4.69, 9.17) is 10.8 Å². The van der Waals surface area contributed by atoms with Gasteiger partial charge in [-0.1, -0.05) is 70.2 Å². The first-order valence-electron chi connectivity index (χ1n) is 24.6. The fourth-order valence-electron chi connectivity index (χ4n) is 7.23. The van der Waals surface area contributed by atoms with E-state index in [-0.39, 0.29) is 37.2 Å². The number of carboxylic acid groups (broad SMARTS) is 4. The van der Waals surface area contributed by atoms with Crippen LogP contribution in [0.2, 0.25) is 0 Å². The number of aliphatic carboxylic acids is 4. The number of benzene rings is 2. The number of aldehydes is 1. The minimum atomic E-state index is -2.03. The highest BCUT2D eigenvalue weighted by molar-refractivity contribution is 5.99. The quantitative estimate of drug-likeness (QED) is 0.0305. The maximum absolute atomic E-state index is 14.3. The zero-order valence-electron chi connectivity index (χ0n) is 43.3. The topological polar surface area (TPSA) is 466 Å². The summed E-state index contributed by atoms with van der Waals surface area (Å²) < 4.78 is 0. The van der Waals surface area contributed by atoms with E-state index < -0.39 is 177 Å². The van der Waals surface area contributed by atoms with Crippen molar-refractivity contribution in [3.8, 4) is 5.75 Å². The molecule has 0 spiro atoms. The molecule has 9 atom stereocenters. The third-order valence-electron chi connectivity index (χ3n) is 11.7. The Bertz CT molecular complexity index is 2440. The Hall–Kier alpha value is -8.53. The van der Waals surface area contributed by atoms with Crippen LogP contribution in [0.15, 0.2) is 54.6 Å². The third-order valence-corrected chi connectivity index (χ3v) is 11.7. The summed E-state index contributed by atoms with van der Waals surface area (Å²) in [7, 11) is 0. The fraction of sp³-hybridized carbons (Fsp3) is 0.500. The van der Waals surface area contributed by atoms with E-state index in [1.54, 1.807) is 32.0 Å². The van der Waals surface area contributed by atoms with Crippen molar-refractivity contribution in [3.63, 3.8) is 0 Å². The van der Waals surface area contributed by atoms with Gasteiger partial charge in [0, 0.05) is 32.1 Å². The molecule has 28 nitrogen and oxygen atoms in total. The lowest BCUT2D eigenvalue weighted by Crippen LogP contribution is -2.62. The van der Waals surface area contributed by atoms with Crippen LogP contribution in [0.4, 0.5) is 0 Å². The first-order valence-corrected chi connectivity index (χ1v) is 24.6. The number of nitrogens with two attached hydrogens (primary N) is 1. The van der Waals surface area contributed by atoms with Gasteiger partial charge in [-0.15, -0.1) is 0 Å². The van der Waals surface area contributed by atoms with Crippen molar-refractivity contribution in [2.24, 2.45) is 17.6 Å². The van der Waals surface area contributed by atoms with E-state index in [1.807, 2.05) is 0 Å². The molecule has 28 heteroatoms.